The van der Waals surface area contributed by atoms with Crippen LogP contribution in [0, 0.1) is 6.92 Å². The van der Waals surface area contributed by atoms with Crippen molar-refractivity contribution in [2.45, 2.75) is 38.6 Å². The molecule has 4 rings (SSSR count). The van der Waals surface area contributed by atoms with Gasteiger partial charge in [0.1, 0.15) is 0 Å². The highest BCUT2D eigenvalue weighted by Crippen LogP contribution is 2.31. The van der Waals surface area contributed by atoms with Crippen LogP contribution in [0.15, 0.2) is 66.7 Å². The van der Waals surface area contributed by atoms with E-state index in [1.165, 1.54) is 34.0 Å². The lowest BCUT2D eigenvalue weighted by Crippen LogP contribution is -2.45. The third-order valence-electron chi connectivity index (χ3n) is 5.88. The zero-order valence-corrected chi connectivity index (χ0v) is 16.4. The Morgan fingerprint density at radius 3 is 2.63 bits per heavy atom. The highest BCUT2D eigenvalue weighted by molar-refractivity contribution is 5.86. The number of benzene rings is 3. The fourth-order valence-corrected chi connectivity index (χ4v) is 4.25. The van der Waals surface area contributed by atoms with Gasteiger partial charge in [0.05, 0.1) is 19.3 Å². The monoisotopic (exact) mass is 359 g/mol. The van der Waals surface area contributed by atoms with Crippen molar-refractivity contribution in [3.05, 3.63) is 77.9 Å². The van der Waals surface area contributed by atoms with Crippen LogP contribution in [0.2, 0.25) is 0 Å². The minimum atomic E-state index is 0.457. The summed E-state index contributed by atoms with van der Waals surface area (Å²) in [6.45, 7) is 7.14. The molecule has 0 radical (unpaired) electrons. The van der Waals surface area contributed by atoms with Crippen LogP contribution in [0.25, 0.3) is 10.8 Å². The number of nitrogens with zero attached hydrogens (tertiary/aromatic N) is 1. The van der Waals surface area contributed by atoms with Gasteiger partial charge in [-0.05, 0) is 54.2 Å². The van der Waals surface area contributed by atoms with E-state index in [0.717, 1.165) is 26.2 Å². The van der Waals surface area contributed by atoms with Gasteiger partial charge in [-0.3, -0.25) is 0 Å². The molecule has 0 aromatic heterocycles. The van der Waals surface area contributed by atoms with Crippen LogP contribution in [0.1, 0.15) is 36.8 Å². The summed E-state index contributed by atoms with van der Waals surface area (Å²) in [5.74, 6) is 0.540. The van der Waals surface area contributed by atoms with Crippen LogP contribution in [0.4, 0.5) is 5.69 Å². The van der Waals surface area contributed by atoms with E-state index in [9.17, 15) is 0 Å². The van der Waals surface area contributed by atoms with Crippen molar-refractivity contribution in [2.24, 2.45) is 0 Å². The number of fused-ring (bicyclic) bond motifs is 1. The maximum Gasteiger partial charge on any atom is 0.0670 e. The molecule has 3 aromatic carbocycles. The SMILES string of the molecule is Cc1ccc(N2CCOCC2CC[C@H](C)c2cccc3ccccc23)cc1. The fourth-order valence-electron chi connectivity index (χ4n) is 4.25. The summed E-state index contributed by atoms with van der Waals surface area (Å²) in [4.78, 5) is 2.54. The first kappa shape index (κ1) is 18.1. The van der Waals surface area contributed by atoms with Crippen molar-refractivity contribution >= 4 is 16.5 Å². The Labute approximate surface area is 162 Å². The van der Waals surface area contributed by atoms with Crippen molar-refractivity contribution < 1.29 is 4.74 Å². The maximum absolute atomic E-state index is 5.82. The van der Waals surface area contributed by atoms with E-state index < -0.39 is 0 Å². The molecule has 1 fully saturated rings. The van der Waals surface area contributed by atoms with Crippen LogP contribution in [0.5, 0.6) is 0 Å². The van der Waals surface area contributed by atoms with Crippen molar-refractivity contribution in [3.63, 3.8) is 0 Å². The second-order valence-electron chi connectivity index (χ2n) is 7.80. The van der Waals surface area contributed by atoms with Gasteiger partial charge in [-0.1, -0.05) is 67.1 Å². The molecule has 0 saturated carbocycles. The molecule has 2 atom stereocenters. The largest absolute Gasteiger partial charge is 0.377 e. The summed E-state index contributed by atoms with van der Waals surface area (Å²) in [5.41, 5.74) is 4.10. The Bertz CT molecular complexity index is 881. The quantitative estimate of drug-likeness (QED) is 0.559. The summed E-state index contributed by atoms with van der Waals surface area (Å²) in [6, 6.07) is 24.8. The van der Waals surface area contributed by atoms with E-state index in [4.69, 9.17) is 4.74 Å². The summed E-state index contributed by atoms with van der Waals surface area (Å²) in [7, 11) is 0. The summed E-state index contributed by atoms with van der Waals surface area (Å²) >= 11 is 0. The van der Waals surface area contributed by atoms with Gasteiger partial charge in [-0.15, -0.1) is 0 Å². The summed E-state index contributed by atoms with van der Waals surface area (Å²) < 4.78 is 5.82. The van der Waals surface area contributed by atoms with Gasteiger partial charge >= 0.3 is 0 Å². The molecule has 3 aromatic rings. The molecule has 27 heavy (non-hydrogen) atoms. The highest BCUT2D eigenvalue weighted by atomic mass is 16.5. The van der Waals surface area contributed by atoms with Crippen LogP contribution in [-0.2, 0) is 4.74 Å². The van der Waals surface area contributed by atoms with Gasteiger partial charge < -0.3 is 9.64 Å². The van der Waals surface area contributed by atoms with Crippen LogP contribution in [-0.4, -0.2) is 25.8 Å². The Hall–Kier alpha value is -2.32. The molecular weight excluding hydrogens is 330 g/mol. The van der Waals surface area contributed by atoms with E-state index in [2.05, 4.69) is 85.5 Å². The molecule has 1 heterocycles. The number of hydrogen-bond donors (Lipinski definition) is 0. The van der Waals surface area contributed by atoms with Crippen molar-refractivity contribution in [1.29, 1.82) is 0 Å². The molecule has 0 spiro atoms. The first-order valence-electron chi connectivity index (χ1n) is 10.1. The molecule has 1 unspecified atom stereocenters. The number of rotatable bonds is 5. The molecule has 0 aliphatic carbocycles. The molecule has 0 N–H and O–H groups in total. The first-order valence-corrected chi connectivity index (χ1v) is 10.1. The van der Waals surface area contributed by atoms with E-state index in [0.29, 0.717) is 12.0 Å². The molecule has 1 aliphatic heterocycles. The molecule has 2 heteroatoms. The normalized spacial score (nSPS) is 18.6. The standard InChI is InChI=1S/C25H29NO/c1-19-10-13-22(14-11-19)26-16-17-27-18-23(26)15-12-20(2)24-9-5-7-21-6-3-4-8-25(21)24/h3-11,13-14,20,23H,12,15-18H2,1-2H3/t20-,23?/m0/s1. The summed E-state index contributed by atoms with van der Waals surface area (Å²) in [6.07, 6.45) is 2.32. The van der Waals surface area contributed by atoms with Crippen LogP contribution in [0.3, 0.4) is 0 Å². The second-order valence-corrected chi connectivity index (χ2v) is 7.80. The van der Waals surface area contributed by atoms with Gasteiger partial charge in [0, 0.05) is 12.2 Å². The molecule has 140 valence electrons. The van der Waals surface area contributed by atoms with Crippen molar-refractivity contribution in [2.75, 3.05) is 24.7 Å². The minimum absolute atomic E-state index is 0.457. The van der Waals surface area contributed by atoms with Gasteiger partial charge in [0.25, 0.3) is 0 Å². The average molecular weight is 360 g/mol. The Morgan fingerprint density at radius 1 is 1.00 bits per heavy atom. The lowest BCUT2D eigenvalue weighted by Gasteiger charge is -2.38. The number of morpholine rings is 1. The summed E-state index contributed by atoms with van der Waals surface area (Å²) in [5, 5.41) is 2.73. The van der Waals surface area contributed by atoms with E-state index in [1.807, 2.05) is 0 Å². The number of aryl methyl sites for hydroxylation is 1. The van der Waals surface area contributed by atoms with Gasteiger partial charge in [-0.2, -0.15) is 0 Å². The molecule has 1 aliphatic rings. The second kappa shape index (κ2) is 8.14. The Morgan fingerprint density at radius 2 is 1.78 bits per heavy atom. The topological polar surface area (TPSA) is 12.5 Å². The highest BCUT2D eigenvalue weighted by Gasteiger charge is 2.24. The molecular formula is C25H29NO. The molecule has 0 amide bonds. The predicted molar refractivity (Wildman–Crippen MR) is 115 cm³/mol. The zero-order chi connectivity index (χ0) is 18.6. The maximum atomic E-state index is 5.82. The number of anilines is 1. The van der Waals surface area contributed by atoms with Crippen molar-refractivity contribution in [3.8, 4) is 0 Å². The van der Waals surface area contributed by atoms with Gasteiger partial charge in [0.2, 0.25) is 0 Å². The van der Waals surface area contributed by atoms with Crippen molar-refractivity contribution in [1.82, 2.24) is 0 Å². The van der Waals surface area contributed by atoms with Crippen LogP contribution < -0.4 is 4.90 Å². The van der Waals surface area contributed by atoms with Gasteiger partial charge in [0.15, 0.2) is 0 Å². The lowest BCUT2D eigenvalue weighted by atomic mass is 9.90. The average Bonchev–Trinajstić information content (AvgIpc) is 2.72. The third-order valence-corrected chi connectivity index (χ3v) is 5.88. The Kier molecular flexibility index (Phi) is 5.45. The lowest BCUT2D eigenvalue weighted by molar-refractivity contribution is 0.0905. The van der Waals surface area contributed by atoms with Gasteiger partial charge in [-0.25, -0.2) is 0 Å². The smallest absolute Gasteiger partial charge is 0.0670 e. The fraction of sp³-hybridized carbons (Fsp3) is 0.360. The van der Waals surface area contributed by atoms with E-state index in [1.54, 1.807) is 0 Å². The molecule has 2 nitrogen and oxygen atoms in total. The predicted octanol–water partition coefficient (Wildman–Crippen LogP) is 5.94. The van der Waals surface area contributed by atoms with Crippen LogP contribution >= 0.6 is 0 Å². The molecule has 1 saturated heterocycles. The molecule has 0 bridgehead atoms. The zero-order valence-electron chi connectivity index (χ0n) is 16.4. The first-order chi connectivity index (χ1) is 13.2. The number of ether oxygens (including phenoxy) is 1. The Balaban J connectivity index is 1.48. The number of hydrogen-bond acceptors (Lipinski definition) is 2. The minimum Gasteiger partial charge on any atom is -0.377 e. The third kappa shape index (κ3) is 4.01. The van der Waals surface area contributed by atoms with E-state index in [-0.39, 0.29) is 0 Å². The van der Waals surface area contributed by atoms with E-state index >= 15 is 0 Å².